The monoisotopic (exact) mass is 249 g/mol. The Labute approximate surface area is 105 Å². The van der Waals surface area contributed by atoms with Gasteiger partial charge in [0.05, 0.1) is 0 Å². The van der Waals surface area contributed by atoms with Gasteiger partial charge in [0.1, 0.15) is 5.82 Å². The minimum atomic E-state index is -0.274. The molecule has 0 atom stereocenters. The third-order valence-corrected chi connectivity index (χ3v) is 2.93. The van der Waals surface area contributed by atoms with Gasteiger partial charge in [-0.1, -0.05) is 25.4 Å². The van der Waals surface area contributed by atoms with Crippen molar-refractivity contribution in [2.24, 2.45) is 0 Å². The van der Waals surface area contributed by atoms with E-state index in [4.69, 9.17) is 11.6 Å². The number of pyridine rings is 1. The van der Waals surface area contributed by atoms with Gasteiger partial charge in [-0.05, 0) is 35.7 Å². The Morgan fingerprint density at radius 3 is 2.65 bits per heavy atom. The van der Waals surface area contributed by atoms with Gasteiger partial charge >= 0.3 is 0 Å². The Morgan fingerprint density at radius 2 is 1.94 bits per heavy atom. The third-order valence-electron chi connectivity index (χ3n) is 2.70. The Bertz CT molecular complexity index is 537. The third kappa shape index (κ3) is 2.47. The van der Waals surface area contributed by atoms with Crippen LogP contribution < -0.4 is 0 Å². The normalized spacial score (nSPS) is 10.9. The van der Waals surface area contributed by atoms with Crippen molar-refractivity contribution in [3.63, 3.8) is 0 Å². The second kappa shape index (κ2) is 4.84. The molecule has 0 aliphatic heterocycles. The van der Waals surface area contributed by atoms with Crippen molar-refractivity contribution in [3.05, 3.63) is 53.1 Å². The molecule has 0 aliphatic rings. The number of hydrogen-bond acceptors (Lipinski definition) is 1. The number of nitrogens with zero attached hydrogens (tertiary/aromatic N) is 1. The van der Waals surface area contributed by atoms with Gasteiger partial charge in [0.2, 0.25) is 0 Å². The van der Waals surface area contributed by atoms with E-state index in [0.29, 0.717) is 16.5 Å². The Balaban J connectivity index is 2.64. The summed E-state index contributed by atoms with van der Waals surface area (Å²) in [6.45, 7) is 4.14. The van der Waals surface area contributed by atoms with Crippen molar-refractivity contribution < 1.29 is 4.39 Å². The number of rotatable bonds is 2. The van der Waals surface area contributed by atoms with E-state index in [-0.39, 0.29) is 5.82 Å². The average molecular weight is 250 g/mol. The van der Waals surface area contributed by atoms with Crippen LogP contribution in [-0.4, -0.2) is 4.98 Å². The topological polar surface area (TPSA) is 12.9 Å². The number of hydrogen-bond donors (Lipinski definition) is 0. The van der Waals surface area contributed by atoms with Crippen LogP contribution in [0.5, 0.6) is 0 Å². The summed E-state index contributed by atoms with van der Waals surface area (Å²) in [5, 5.41) is 0.528. The summed E-state index contributed by atoms with van der Waals surface area (Å²) in [6.07, 6.45) is 3.41. The Kier molecular flexibility index (Phi) is 3.43. The van der Waals surface area contributed by atoms with Gasteiger partial charge in [-0.3, -0.25) is 4.98 Å². The molecule has 0 N–H and O–H groups in total. The molecule has 0 bridgehead atoms. The van der Waals surface area contributed by atoms with E-state index in [1.165, 1.54) is 6.07 Å². The molecule has 0 unspecified atom stereocenters. The first-order valence-corrected chi connectivity index (χ1v) is 5.86. The lowest BCUT2D eigenvalue weighted by molar-refractivity contribution is 0.631. The molecule has 1 aromatic heterocycles. The van der Waals surface area contributed by atoms with Crippen LogP contribution in [-0.2, 0) is 0 Å². The maximum absolute atomic E-state index is 13.8. The summed E-state index contributed by atoms with van der Waals surface area (Å²) in [5.41, 5.74) is 2.39. The second-order valence-electron chi connectivity index (χ2n) is 4.24. The molecule has 0 saturated carbocycles. The summed E-state index contributed by atoms with van der Waals surface area (Å²) in [4.78, 5) is 4.07. The molecular formula is C14H13ClFN. The molecule has 1 heterocycles. The zero-order valence-corrected chi connectivity index (χ0v) is 10.5. The standard InChI is InChI=1S/C14H13ClFN/c1-9(2)11-5-6-17-8-13(11)12-7-10(15)3-4-14(12)16/h3-9H,1-2H3. The van der Waals surface area contributed by atoms with Gasteiger partial charge in [-0.2, -0.15) is 0 Å². The van der Waals surface area contributed by atoms with Crippen LogP contribution in [0.4, 0.5) is 4.39 Å². The molecule has 1 aromatic carbocycles. The van der Waals surface area contributed by atoms with Crippen LogP contribution >= 0.6 is 11.6 Å². The van der Waals surface area contributed by atoms with Crippen molar-refractivity contribution in [2.45, 2.75) is 19.8 Å². The van der Waals surface area contributed by atoms with Gasteiger partial charge in [0.25, 0.3) is 0 Å². The quantitative estimate of drug-likeness (QED) is 0.754. The molecule has 0 fully saturated rings. The molecule has 0 amide bonds. The summed E-state index contributed by atoms with van der Waals surface area (Å²) in [6, 6.07) is 6.49. The van der Waals surface area contributed by atoms with E-state index in [1.807, 2.05) is 6.07 Å². The van der Waals surface area contributed by atoms with E-state index in [9.17, 15) is 4.39 Å². The molecule has 88 valence electrons. The van der Waals surface area contributed by atoms with Crippen LogP contribution in [0.25, 0.3) is 11.1 Å². The van der Waals surface area contributed by atoms with Gasteiger partial charge in [-0.25, -0.2) is 4.39 Å². The predicted molar refractivity (Wildman–Crippen MR) is 68.7 cm³/mol. The van der Waals surface area contributed by atoms with Gasteiger partial charge in [0, 0.05) is 28.5 Å². The number of halogens is 2. The highest BCUT2D eigenvalue weighted by Crippen LogP contribution is 2.31. The highest BCUT2D eigenvalue weighted by atomic mass is 35.5. The first-order chi connectivity index (χ1) is 8.09. The molecule has 1 nitrogen and oxygen atoms in total. The number of aromatic nitrogens is 1. The minimum absolute atomic E-state index is 0.274. The van der Waals surface area contributed by atoms with Crippen LogP contribution in [0.2, 0.25) is 5.02 Å². The zero-order valence-electron chi connectivity index (χ0n) is 9.74. The SMILES string of the molecule is CC(C)c1ccncc1-c1cc(Cl)ccc1F. The number of benzene rings is 1. The lowest BCUT2D eigenvalue weighted by atomic mass is 9.94. The molecule has 2 aromatic rings. The maximum Gasteiger partial charge on any atom is 0.131 e. The molecule has 0 saturated heterocycles. The minimum Gasteiger partial charge on any atom is -0.264 e. The molecule has 2 rings (SSSR count). The fourth-order valence-corrected chi connectivity index (χ4v) is 2.01. The lowest BCUT2D eigenvalue weighted by Crippen LogP contribution is -1.95. The van der Waals surface area contributed by atoms with E-state index < -0.39 is 0 Å². The Morgan fingerprint density at radius 1 is 1.18 bits per heavy atom. The van der Waals surface area contributed by atoms with Crippen LogP contribution in [0.1, 0.15) is 25.3 Å². The van der Waals surface area contributed by atoms with E-state index in [1.54, 1.807) is 24.5 Å². The highest BCUT2D eigenvalue weighted by Gasteiger charge is 2.12. The fourth-order valence-electron chi connectivity index (χ4n) is 1.84. The smallest absolute Gasteiger partial charge is 0.131 e. The molecule has 0 aliphatic carbocycles. The summed E-state index contributed by atoms with van der Waals surface area (Å²) in [5.74, 6) is 0.0377. The largest absolute Gasteiger partial charge is 0.264 e. The fraction of sp³-hybridized carbons (Fsp3) is 0.214. The van der Waals surface area contributed by atoms with Crippen molar-refractivity contribution in [2.75, 3.05) is 0 Å². The molecule has 0 radical (unpaired) electrons. The molecule has 3 heteroatoms. The van der Waals surface area contributed by atoms with Crippen LogP contribution in [0.15, 0.2) is 36.7 Å². The van der Waals surface area contributed by atoms with Gasteiger partial charge in [-0.15, -0.1) is 0 Å². The van der Waals surface area contributed by atoms with Gasteiger partial charge < -0.3 is 0 Å². The summed E-state index contributed by atoms with van der Waals surface area (Å²) in [7, 11) is 0. The first kappa shape index (κ1) is 12.1. The lowest BCUT2D eigenvalue weighted by Gasteiger charge is -2.12. The molecule has 17 heavy (non-hydrogen) atoms. The summed E-state index contributed by atoms with van der Waals surface area (Å²) < 4.78 is 13.8. The van der Waals surface area contributed by atoms with Crippen LogP contribution in [0.3, 0.4) is 0 Å². The molecular weight excluding hydrogens is 237 g/mol. The molecule has 0 spiro atoms. The van der Waals surface area contributed by atoms with Gasteiger partial charge in [0.15, 0.2) is 0 Å². The van der Waals surface area contributed by atoms with Crippen molar-refractivity contribution >= 4 is 11.6 Å². The van der Waals surface area contributed by atoms with Crippen molar-refractivity contribution in [3.8, 4) is 11.1 Å². The van der Waals surface area contributed by atoms with Crippen LogP contribution in [0, 0.1) is 5.82 Å². The predicted octanol–water partition coefficient (Wildman–Crippen LogP) is 4.66. The van der Waals surface area contributed by atoms with Crippen molar-refractivity contribution in [1.82, 2.24) is 4.98 Å². The highest BCUT2D eigenvalue weighted by molar-refractivity contribution is 6.30. The summed E-state index contributed by atoms with van der Waals surface area (Å²) >= 11 is 5.91. The first-order valence-electron chi connectivity index (χ1n) is 5.49. The van der Waals surface area contributed by atoms with E-state index in [0.717, 1.165) is 11.1 Å². The average Bonchev–Trinajstić information content (AvgIpc) is 2.32. The van der Waals surface area contributed by atoms with Crippen molar-refractivity contribution in [1.29, 1.82) is 0 Å². The zero-order chi connectivity index (χ0) is 12.4. The maximum atomic E-state index is 13.8. The van der Waals surface area contributed by atoms with E-state index >= 15 is 0 Å². The second-order valence-corrected chi connectivity index (χ2v) is 4.68. The Hall–Kier alpha value is -1.41. The van der Waals surface area contributed by atoms with E-state index in [2.05, 4.69) is 18.8 Å².